The Kier molecular flexibility index (Phi) is 3.86. The van der Waals surface area contributed by atoms with Crippen LogP contribution in [0.25, 0.3) is 0 Å². The quantitative estimate of drug-likeness (QED) is 0.787. The molecular formula is C15H16ClNO2. The fraction of sp³-hybridized carbons (Fsp3) is 0.200. The topological polar surface area (TPSA) is 52.5 Å². The molecule has 0 saturated carbocycles. The zero-order valence-corrected chi connectivity index (χ0v) is 11.6. The smallest absolute Gasteiger partial charge is 0.124 e. The lowest BCUT2D eigenvalue weighted by Crippen LogP contribution is -2.08. The summed E-state index contributed by atoms with van der Waals surface area (Å²) < 4.78 is 0. The molecule has 3 nitrogen and oxygen atoms in total. The van der Waals surface area contributed by atoms with E-state index in [4.69, 9.17) is 11.6 Å². The van der Waals surface area contributed by atoms with Crippen molar-refractivity contribution in [2.75, 3.05) is 5.32 Å². The van der Waals surface area contributed by atoms with Crippen molar-refractivity contribution >= 4 is 17.3 Å². The molecule has 0 spiro atoms. The molecule has 1 unspecified atom stereocenters. The number of hydrogen-bond acceptors (Lipinski definition) is 3. The maximum atomic E-state index is 9.84. The highest BCUT2D eigenvalue weighted by atomic mass is 35.5. The van der Waals surface area contributed by atoms with Gasteiger partial charge in [-0.25, -0.2) is 0 Å². The Morgan fingerprint density at radius 3 is 2.58 bits per heavy atom. The van der Waals surface area contributed by atoms with Crippen LogP contribution < -0.4 is 5.32 Å². The molecule has 4 heteroatoms. The highest BCUT2D eigenvalue weighted by Gasteiger charge is 2.12. The summed E-state index contributed by atoms with van der Waals surface area (Å²) in [7, 11) is 0. The number of hydrogen-bond donors (Lipinski definition) is 3. The zero-order chi connectivity index (χ0) is 14.0. The molecule has 19 heavy (non-hydrogen) atoms. The second-order valence-corrected chi connectivity index (χ2v) is 4.93. The van der Waals surface area contributed by atoms with E-state index >= 15 is 0 Å². The predicted molar refractivity (Wildman–Crippen MR) is 78.0 cm³/mol. The summed E-state index contributed by atoms with van der Waals surface area (Å²) in [5.41, 5.74) is 2.61. The molecule has 0 bridgehead atoms. The van der Waals surface area contributed by atoms with Gasteiger partial charge >= 0.3 is 0 Å². The lowest BCUT2D eigenvalue weighted by molar-refractivity contribution is 0.444. The van der Waals surface area contributed by atoms with E-state index in [0.29, 0.717) is 5.02 Å². The number of anilines is 1. The zero-order valence-electron chi connectivity index (χ0n) is 10.8. The normalized spacial score (nSPS) is 12.2. The Hall–Kier alpha value is -1.87. The van der Waals surface area contributed by atoms with Crippen LogP contribution in [0.2, 0.25) is 5.02 Å². The van der Waals surface area contributed by atoms with Crippen molar-refractivity contribution in [3.8, 4) is 11.5 Å². The van der Waals surface area contributed by atoms with E-state index < -0.39 is 0 Å². The summed E-state index contributed by atoms with van der Waals surface area (Å²) in [5.74, 6) is 0.118. The first kappa shape index (κ1) is 13.6. The van der Waals surface area contributed by atoms with Crippen LogP contribution in [0, 0.1) is 6.92 Å². The third kappa shape index (κ3) is 2.93. The van der Waals surface area contributed by atoms with Crippen LogP contribution in [0.5, 0.6) is 11.5 Å². The monoisotopic (exact) mass is 277 g/mol. The van der Waals surface area contributed by atoms with Crippen molar-refractivity contribution in [3.63, 3.8) is 0 Å². The molecule has 0 radical (unpaired) electrons. The molecule has 100 valence electrons. The molecule has 1 atom stereocenters. The van der Waals surface area contributed by atoms with Gasteiger partial charge in [0.25, 0.3) is 0 Å². The van der Waals surface area contributed by atoms with E-state index in [1.807, 2.05) is 32.0 Å². The average Bonchev–Trinajstić information content (AvgIpc) is 2.34. The van der Waals surface area contributed by atoms with E-state index in [0.717, 1.165) is 16.8 Å². The number of rotatable bonds is 3. The van der Waals surface area contributed by atoms with Gasteiger partial charge in [0.1, 0.15) is 11.5 Å². The van der Waals surface area contributed by atoms with E-state index in [9.17, 15) is 10.2 Å². The first-order valence-corrected chi connectivity index (χ1v) is 6.40. The van der Waals surface area contributed by atoms with Gasteiger partial charge in [0.15, 0.2) is 0 Å². The van der Waals surface area contributed by atoms with Gasteiger partial charge in [-0.1, -0.05) is 17.7 Å². The van der Waals surface area contributed by atoms with E-state index in [1.165, 1.54) is 6.07 Å². The fourth-order valence-electron chi connectivity index (χ4n) is 1.97. The number of aromatic hydroxyl groups is 2. The molecule has 0 heterocycles. The van der Waals surface area contributed by atoms with Crippen molar-refractivity contribution in [3.05, 3.63) is 52.5 Å². The molecule has 3 N–H and O–H groups in total. The number of phenols is 2. The Labute approximate surface area is 117 Å². The predicted octanol–water partition coefficient (Wildman–Crippen LogP) is 4.23. The Bertz CT molecular complexity index is 599. The Morgan fingerprint density at radius 2 is 1.89 bits per heavy atom. The second-order valence-electron chi connectivity index (χ2n) is 4.52. The molecule has 2 rings (SSSR count). The molecule has 0 aliphatic carbocycles. The minimum atomic E-state index is -0.0993. The number of halogens is 1. The number of benzene rings is 2. The van der Waals surface area contributed by atoms with Crippen LogP contribution in [-0.4, -0.2) is 10.2 Å². The lowest BCUT2D eigenvalue weighted by atomic mass is 10.1. The van der Waals surface area contributed by atoms with Crippen LogP contribution >= 0.6 is 11.6 Å². The van der Waals surface area contributed by atoms with Gasteiger partial charge in [-0.15, -0.1) is 0 Å². The Morgan fingerprint density at radius 1 is 1.16 bits per heavy atom. The SMILES string of the molecule is Cc1c(Cl)cccc1NC(C)c1ccc(O)cc1O. The second kappa shape index (κ2) is 5.41. The molecule has 0 aliphatic heterocycles. The van der Waals surface area contributed by atoms with E-state index in [-0.39, 0.29) is 17.5 Å². The highest BCUT2D eigenvalue weighted by molar-refractivity contribution is 6.31. The van der Waals surface area contributed by atoms with Crippen LogP contribution in [0.3, 0.4) is 0 Å². The molecule has 0 aliphatic rings. The van der Waals surface area contributed by atoms with Crippen molar-refractivity contribution in [1.82, 2.24) is 0 Å². The standard InChI is InChI=1S/C15H16ClNO2/c1-9-13(16)4-3-5-14(9)17-10(2)12-7-6-11(18)8-15(12)19/h3-8,10,17-19H,1-2H3. The van der Waals surface area contributed by atoms with Crippen molar-refractivity contribution < 1.29 is 10.2 Å². The van der Waals surface area contributed by atoms with Gasteiger partial charge in [-0.2, -0.15) is 0 Å². The van der Waals surface area contributed by atoms with Gasteiger partial charge < -0.3 is 15.5 Å². The van der Waals surface area contributed by atoms with Gasteiger partial charge in [0, 0.05) is 22.3 Å². The van der Waals surface area contributed by atoms with E-state index in [1.54, 1.807) is 12.1 Å². The third-order valence-corrected chi connectivity index (χ3v) is 3.53. The Balaban J connectivity index is 2.25. The van der Waals surface area contributed by atoms with Gasteiger partial charge in [0.05, 0.1) is 6.04 Å². The molecule has 0 aromatic heterocycles. The maximum Gasteiger partial charge on any atom is 0.124 e. The number of phenolic OH excluding ortho intramolecular Hbond substituents is 2. The van der Waals surface area contributed by atoms with Crippen molar-refractivity contribution in [2.24, 2.45) is 0 Å². The first-order valence-electron chi connectivity index (χ1n) is 6.02. The van der Waals surface area contributed by atoms with Crippen LogP contribution in [0.1, 0.15) is 24.1 Å². The summed E-state index contributed by atoms with van der Waals surface area (Å²) in [6.07, 6.45) is 0. The summed E-state index contributed by atoms with van der Waals surface area (Å²) >= 11 is 6.07. The first-order chi connectivity index (χ1) is 8.99. The molecule has 0 fully saturated rings. The molecule has 2 aromatic carbocycles. The molecule has 0 saturated heterocycles. The third-order valence-electron chi connectivity index (χ3n) is 3.12. The van der Waals surface area contributed by atoms with Crippen molar-refractivity contribution in [1.29, 1.82) is 0 Å². The largest absolute Gasteiger partial charge is 0.508 e. The fourth-order valence-corrected chi connectivity index (χ4v) is 2.15. The van der Waals surface area contributed by atoms with Crippen LogP contribution in [0.15, 0.2) is 36.4 Å². The van der Waals surface area contributed by atoms with Crippen LogP contribution in [0.4, 0.5) is 5.69 Å². The molecule has 2 aromatic rings. The summed E-state index contributed by atoms with van der Waals surface area (Å²) in [5, 5.41) is 23.1. The lowest BCUT2D eigenvalue weighted by Gasteiger charge is -2.19. The van der Waals surface area contributed by atoms with Crippen molar-refractivity contribution in [2.45, 2.75) is 19.9 Å². The number of nitrogens with one attached hydrogen (secondary N) is 1. The minimum absolute atomic E-state index is 0.0485. The summed E-state index contributed by atoms with van der Waals surface area (Å²) in [6.45, 7) is 3.88. The molecular weight excluding hydrogens is 262 g/mol. The minimum Gasteiger partial charge on any atom is -0.508 e. The summed E-state index contributed by atoms with van der Waals surface area (Å²) in [6, 6.07) is 10.1. The molecule has 0 amide bonds. The van der Waals surface area contributed by atoms with E-state index in [2.05, 4.69) is 5.32 Å². The van der Waals surface area contributed by atoms with Crippen LogP contribution in [-0.2, 0) is 0 Å². The maximum absolute atomic E-state index is 9.84. The van der Waals surface area contributed by atoms with Gasteiger partial charge in [0.2, 0.25) is 0 Å². The summed E-state index contributed by atoms with van der Waals surface area (Å²) in [4.78, 5) is 0. The van der Waals surface area contributed by atoms with Gasteiger partial charge in [-0.05, 0) is 43.7 Å². The van der Waals surface area contributed by atoms with Gasteiger partial charge in [-0.3, -0.25) is 0 Å². The highest BCUT2D eigenvalue weighted by Crippen LogP contribution is 2.31. The average molecular weight is 278 g/mol.